The third kappa shape index (κ3) is 24.6. The molecule has 1 aliphatic carbocycles. The van der Waals surface area contributed by atoms with Crippen LogP contribution in [0.25, 0.3) is 0 Å². The molecule has 0 radical (unpaired) electrons. The number of hydrogen-bond donors (Lipinski definition) is 10. The largest absolute Gasteiger partial charge is 0.480 e. The second-order valence-corrected chi connectivity index (χ2v) is 21.6. The number of halogens is 1. The van der Waals surface area contributed by atoms with Crippen molar-refractivity contribution >= 4 is 92.2 Å². The zero-order chi connectivity index (χ0) is 57.3. The summed E-state index contributed by atoms with van der Waals surface area (Å²) in [4.78, 5) is 120. The van der Waals surface area contributed by atoms with Crippen LogP contribution in [0.2, 0.25) is 0 Å². The lowest BCUT2D eigenvalue weighted by molar-refractivity contribution is -0.140. The van der Waals surface area contributed by atoms with E-state index in [0.717, 1.165) is 34.1 Å². The van der Waals surface area contributed by atoms with E-state index in [0.29, 0.717) is 103 Å². The number of amides is 7. The Kier molecular flexibility index (Phi) is 27.3. The van der Waals surface area contributed by atoms with E-state index in [9.17, 15) is 53.4 Å². The zero-order valence-electron chi connectivity index (χ0n) is 44.4. The standard InChI is InChI=1S/C52H78BrN13O11S/c1-34(67)5-18-43(50(75)76)61-51(77)60-42(49(73)74)4-2-3-19-66(28-37-8-14-39(53)15-9-37)48(72)38-12-6-36(7-13-38)27-58-52(78)59-40-16-10-35(11-17-40)26-41-29-64(32-46(56)70)23-22-62(30-44(54)68)20-21-63(31-45(55)69)24-25-65(41)33-47(57)71/h8-11,14-17,36,38,41-43H,2-7,12-13,18-33H2,1H3,(H2,54,68)(H2,55,69)(H2,56,70)(H2,57,71)(H,73,74)(H,75,76)(H2,58,59,78)(H2,60,61,77)/t36?,38?,41?,42-,43-/m1/s1. The molecule has 24 nitrogen and oxygen atoms in total. The van der Waals surface area contributed by atoms with Crippen molar-refractivity contribution < 1.29 is 53.4 Å². The molecular formula is C52H78BrN13O11S. The lowest BCUT2D eigenvalue weighted by Crippen LogP contribution is -2.54. The van der Waals surface area contributed by atoms with Crippen LogP contribution in [-0.4, -0.2) is 196 Å². The highest BCUT2D eigenvalue weighted by Gasteiger charge is 2.31. The molecule has 1 aliphatic heterocycles. The van der Waals surface area contributed by atoms with Gasteiger partial charge >= 0.3 is 18.0 Å². The Bertz CT molecular complexity index is 2360. The van der Waals surface area contributed by atoms with E-state index in [1.54, 1.807) is 4.90 Å². The topological polar surface area (TPSA) is 362 Å². The van der Waals surface area contributed by atoms with Crippen LogP contribution in [0.1, 0.15) is 75.8 Å². The van der Waals surface area contributed by atoms with Crippen LogP contribution in [0.15, 0.2) is 53.0 Å². The van der Waals surface area contributed by atoms with E-state index < -0.39 is 53.7 Å². The van der Waals surface area contributed by atoms with Crippen molar-refractivity contribution in [2.45, 2.75) is 95.8 Å². The number of ketones is 1. The monoisotopic (exact) mass is 1170 g/mol. The minimum absolute atomic E-state index is 0.0117. The maximum absolute atomic E-state index is 14.2. The molecule has 0 bridgehead atoms. The van der Waals surface area contributed by atoms with Gasteiger partial charge in [0, 0.05) is 94.0 Å². The molecule has 1 saturated heterocycles. The number of hydrogen-bond acceptors (Lipinski definition) is 14. The number of aliphatic carboxylic acids is 2. The van der Waals surface area contributed by atoms with E-state index in [1.165, 1.54) is 6.92 Å². The first kappa shape index (κ1) is 64.2. The quantitative estimate of drug-likeness (QED) is 0.0407. The fourth-order valence-corrected chi connectivity index (χ4v) is 10.2. The number of carboxylic acid groups (broad SMARTS) is 2. The first-order chi connectivity index (χ1) is 37.0. The van der Waals surface area contributed by atoms with Gasteiger partial charge in [0.15, 0.2) is 5.11 Å². The first-order valence-corrected chi connectivity index (χ1v) is 27.5. The van der Waals surface area contributed by atoms with E-state index >= 15 is 0 Å². The van der Waals surface area contributed by atoms with Gasteiger partial charge in [-0.15, -0.1) is 0 Å². The van der Waals surface area contributed by atoms with Crippen LogP contribution in [0.4, 0.5) is 10.5 Å². The normalized spacial score (nSPS) is 18.9. The number of anilines is 1. The summed E-state index contributed by atoms with van der Waals surface area (Å²) in [5, 5.41) is 30.9. The number of unbranched alkanes of at least 4 members (excludes halogenated alkanes) is 1. The number of carbonyl (C=O) groups excluding carboxylic acids is 7. The molecule has 2 fully saturated rings. The summed E-state index contributed by atoms with van der Waals surface area (Å²) in [6, 6.07) is 11.4. The third-order valence-electron chi connectivity index (χ3n) is 13.8. The Morgan fingerprint density at radius 2 is 1.19 bits per heavy atom. The molecule has 1 unspecified atom stereocenters. The summed E-state index contributed by atoms with van der Waals surface area (Å²) < 4.78 is 0.895. The van der Waals surface area contributed by atoms with Gasteiger partial charge in [-0.1, -0.05) is 40.2 Å². The fourth-order valence-electron chi connectivity index (χ4n) is 9.70. The van der Waals surface area contributed by atoms with Gasteiger partial charge in [-0.2, -0.15) is 0 Å². The molecule has 0 spiro atoms. The predicted molar refractivity (Wildman–Crippen MR) is 299 cm³/mol. The highest BCUT2D eigenvalue weighted by Crippen LogP contribution is 2.31. The molecule has 2 aromatic carbocycles. The lowest BCUT2D eigenvalue weighted by Gasteiger charge is -2.38. The van der Waals surface area contributed by atoms with Gasteiger partial charge in [-0.05, 0) is 118 Å². The Morgan fingerprint density at radius 1 is 0.679 bits per heavy atom. The van der Waals surface area contributed by atoms with Crippen molar-refractivity contribution in [2.75, 3.05) is 90.4 Å². The van der Waals surface area contributed by atoms with Gasteiger partial charge in [-0.3, -0.25) is 43.6 Å². The van der Waals surface area contributed by atoms with Gasteiger partial charge in [0.25, 0.3) is 0 Å². The number of nitrogens with two attached hydrogens (primary N) is 4. The Morgan fingerprint density at radius 3 is 1.73 bits per heavy atom. The van der Waals surface area contributed by atoms with Crippen molar-refractivity contribution in [1.29, 1.82) is 0 Å². The van der Waals surface area contributed by atoms with Gasteiger partial charge in [0.1, 0.15) is 17.9 Å². The van der Waals surface area contributed by atoms with Crippen LogP contribution in [0.3, 0.4) is 0 Å². The maximum atomic E-state index is 14.2. The summed E-state index contributed by atoms with van der Waals surface area (Å²) in [7, 11) is 0. The van der Waals surface area contributed by atoms with Crippen LogP contribution < -0.4 is 44.2 Å². The number of nitrogens with one attached hydrogen (secondary N) is 4. The zero-order valence-corrected chi connectivity index (χ0v) is 46.8. The average Bonchev–Trinajstić information content (AvgIpc) is 3.37. The summed E-state index contributed by atoms with van der Waals surface area (Å²) in [5.41, 5.74) is 25.2. The second-order valence-electron chi connectivity index (χ2n) is 20.3. The molecule has 0 aromatic heterocycles. The van der Waals surface area contributed by atoms with Crippen molar-refractivity contribution in [2.24, 2.45) is 34.8 Å². The number of primary amides is 4. The van der Waals surface area contributed by atoms with E-state index in [2.05, 4.69) is 37.2 Å². The minimum atomic E-state index is -1.36. The van der Waals surface area contributed by atoms with Crippen molar-refractivity contribution in [3.63, 3.8) is 0 Å². The smallest absolute Gasteiger partial charge is 0.326 e. The molecule has 1 saturated carbocycles. The molecule has 78 heavy (non-hydrogen) atoms. The minimum Gasteiger partial charge on any atom is -0.480 e. The number of nitrogens with zero attached hydrogens (tertiary/aromatic N) is 5. The molecule has 2 aromatic rings. The molecule has 26 heteroatoms. The molecule has 14 N–H and O–H groups in total. The molecule has 3 atom stereocenters. The first-order valence-electron chi connectivity index (χ1n) is 26.3. The molecular weight excluding hydrogens is 1090 g/mol. The molecule has 1 heterocycles. The van der Waals surface area contributed by atoms with Crippen molar-refractivity contribution in [3.8, 4) is 0 Å². The Hall–Kier alpha value is -6.32. The Labute approximate surface area is 469 Å². The molecule has 4 rings (SSSR count). The van der Waals surface area contributed by atoms with Crippen LogP contribution in [0, 0.1) is 11.8 Å². The van der Waals surface area contributed by atoms with Crippen LogP contribution in [-0.2, 0) is 51.3 Å². The fraction of sp³-hybridized carbons (Fsp3) is 0.577. The van der Waals surface area contributed by atoms with Crippen LogP contribution in [0.5, 0.6) is 0 Å². The lowest BCUT2D eigenvalue weighted by atomic mass is 9.81. The highest BCUT2D eigenvalue weighted by atomic mass is 79.9. The number of urea groups is 1. The summed E-state index contributed by atoms with van der Waals surface area (Å²) in [6.45, 7) is 5.01. The maximum Gasteiger partial charge on any atom is 0.326 e. The van der Waals surface area contributed by atoms with Crippen LogP contribution >= 0.6 is 28.1 Å². The van der Waals surface area contributed by atoms with Crippen molar-refractivity contribution in [1.82, 2.24) is 40.4 Å². The van der Waals surface area contributed by atoms with E-state index in [-0.39, 0.29) is 75.0 Å². The predicted octanol–water partition coefficient (Wildman–Crippen LogP) is 0.390. The number of carboxylic acids is 2. The van der Waals surface area contributed by atoms with Gasteiger partial charge in [0.2, 0.25) is 29.5 Å². The summed E-state index contributed by atoms with van der Waals surface area (Å²) >= 11 is 9.16. The number of thiocarbonyl (C=S) groups is 1. The molecule has 7 amide bonds. The van der Waals surface area contributed by atoms with Crippen molar-refractivity contribution in [3.05, 3.63) is 64.1 Å². The van der Waals surface area contributed by atoms with Gasteiger partial charge in [0.05, 0.1) is 26.2 Å². The number of carbonyl (C=O) groups is 9. The van der Waals surface area contributed by atoms with Gasteiger partial charge < -0.3 is 64.1 Å². The summed E-state index contributed by atoms with van der Waals surface area (Å²) in [6.07, 6.45) is 4.02. The van der Waals surface area contributed by atoms with E-state index in [1.807, 2.05) is 68.1 Å². The number of Topliss-reactive ketones (excluding diaryl/α,β-unsaturated/α-hetero) is 1. The summed E-state index contributed by atoms with van der Waals surface area (Å²) in [5.74, 6) is -4.93. The Balaban J connectivity index is 1.33. The third-order valence-corrected chi connectivity index (χ3v) is 14.6. The number of benzene rings is 2. The molecule has 2 aliphatic rings. The highest BCUT2D eigenvalue weighted by molar-refractivity contribution is 9.10. The molecule has 430 valence electrons. The van der Waals surface area contributed by atoms with E-state index in [4.69, 9.17) is 35.2 Å². The van der Waals surface area contributed by atoms with Gasteiger partial charge in [-0.25, -0.2) is 14.4 Å². The second kappa shape index (κ2) is 33.2. The SMILES string of the molecule is CC(=O)CC[C@@H](NC(=O)N[C@H](CCCCN(Cc1ccc(Br)cc1)C(=O)C1CCC(CNC(=S)Nc2ccc(CC3CN(CC(N)=O)CCN(CC(N)=O)CCN(CC(N)=O)CCN3CC(N)=O)cc2)CC1)C(=O)O)C(=O)O. The average molecular weight is 1170 g/mol. The number of rotatable bonds is 28.